The molecule has 1 aromatic rings. The summed E-state index contributed by atoms with van der Waals surface area (Å²) in [5.41, 5.74) is 1.21. The summed E-state index contributed by atoms with van der Waals surface area (Å²) in [6.07, 6.45) is -0.621. The van der Waals surface area contributed by atoms with E-state index in [1.807, 2.05) is 0 Å². The average Bonchev–Trinajstić information content (AvgIpc) is 3.11. The lowest BCUT2D eigenvalue weighted by Gasteiger charge is -2.17. The van der Waals surface area contributed by atoms with Crippen molar-refractivity contribution in [1.29, 1.82) is 5.41 Å². The summed E-state index contributed by atoms with van der Waals surface area (Å²) in [4.78, 5) is 28.0. The van der Waals surface area contributed by atoms with Crippen molar-refractivity contribution in [2.45, 2.75) is 44.7 Å². The molecule has 134 valence electrons. The maximum Gasteiger partial charge on any atom is 0.357 e. The predicted molar refractivity (Wildman–Crippen MR) is 85.6 cm³/mol. The highest BCUT2D eigenvalue weighted by atomic mass is 16.7. The van der Waals surface area contributed by atoms with Gasteiger partial charge in [-0.25, -0.2) is 9.78 Å². The molecule has 0 spiro atoms. The zero-order chi connectivity index (χ0) is 18.0. The number of fused-ring (bicyclic) bond motifs is 1. The summed E-state index contributed by atoms with van der Waals surface area (Å²) in [5.74, 6) is -1.02. The van der Waals surface area contributed by atoms with Crippen molar-refractivity contribution in [2.75, 3.05) is 13.2 Å². The Hall–Kier alpha value is -2.32. The minimum Gasteiger partial charge on any atom is -0.457 e. The molecule has 0 amide bonds. The van der Waals surface area contributed by atoms with Crippen LogP contribution in [0.15, 0.2) is 18.3 Å². The lowest BCUT2D eigenvalue weighted by Crippen LogP contribution is -2.36. The molecule has 3 heterocycles. The zero-order valence-corrected chi connectivity index (χ0v) is 14.1. The summed E-state index contributed by atoms with van der Waals surface area (Å²) in [7, 11) is 0. The van der Waals surface area contributed by atoms with Gasteiger partial charge < -0.3 is 24.4 Å². The number of rotatable bonds is 5. The maximum atomic E-state index is 12.3. The smallest absolute Gasteiger partial charge is 0.357 e. The fourth-order valence-electron chi connectivity index (χ4n) is 2.95. The lowest BCUT2D eigenvalue weighted by atomic mass is 10.1. The first-order valence-electron chi connectivity index (χ1n) is 8.05. The first kappa shape index (κ1) is 17.5. The molecule has 2 aliphatic rings. The number of carbonyl (C=O) groups excluding carboxylic acids is 2. The van der Waals surface area contributed by atoms with Crippen molar-refractivity contribution in [3.63, 3.8) is 0 Å². The fraction of sp³-hybridized carbons (Fsp3) is 0.529. The van der Waals surface area contributed by atoms with Crippen molar-refractivity contribution in [3.8, 4) is 0 Å². The summed E-state index contributed by atoms with van der Waals surface area (Å²) in [5, 5.41) is 7.33. The van der Waals surface area contributed by atoms with E-state index < -0.39 is 36.4 Å². The molecule has 0 aromatic carbocycles. The van der Waals surface area contributed by atoms with E-state index in [2.05, 4.69) is 4.98 Å². The van der Waals surface area contributed by atoms with Gasteiger partial charge in [-0.15, -0.1) is 0 Å². The lowest BCUT2D eigenvalue weighted by molar-refractivity contribution is -0.152. The van der Waals surface area contributed by atoms with Gasteiger partial charge in [0, 0.05) is 11.9 Å². The van der Waals surface area contributed by atoms with Crippen molar-refractivity contribution >= 4 is 17.7 Å². The number of aromatic nitrogens is 1. The Kier molecular flexibility index (Phi) is 5.10. The molecule has 3 rings (SSSR count). The number of hydrogen-bond donors (Lipinski definition) is 1. The Morgan fingerprint density at radius 3 is 2.48 bits per heavy atom. The molecule has 0 unspecified atom stereocenters. The first-order valence-corrected chi connectivity index (χ1v) is 8.05. The van der Waals surface area contributed by atoms with Crippen LogP contribution in [0.4, 0.5) is 0 Å². The van der Waals surface area contributed by atoms with Crippen LogP contribution < -0.4 is 0 Å². The molecule has 0 bridgehead atoms. The van der Waals surface area contributed by atoms with Crippen molar-refractivity contribution in [1.82, 2.24) is 4.98 Å². The normalized spacial score (nSPS) is 27.6. The average molecular weight is 348 g/mol. The Labute approximate surface area is 144 Å². The minimum absolute atomic E-state index is 0.0642. The van der Waals surface area contributed by atoms with Gasteiger partial charge in [-0.2, -0.15) is 0 Å². The molecule has 8 heteroatoms. The number of carbonyl (C=O) groups is 2. The SMILES string of the molecule is CC(=N)CC(=O)O[C@H]1CO[C@H]2[C@@H]1OC[C@H]2OC(=O)c1ncccc1C. The van der Waals surface area contributed by atoms with Crippen molar-refractivity contribution in [2.24, 2.45) is 0 Å². The molecule has 25 heavy (non-hydrogen) atoms. The quantitative estimate of drug-likeness (QED) is 0.626. The molecule has 1 N–H and O–H groups in total. The van der Waals surface area contributed by atoms with Gasteiger partial charge in [0.05, 0.1) is 19.6 Å². The van der Waals surface area contributed by atoms with Gasteiger partial charge in [0.15, 0.2) is 17.9 Å². The monoisotopic (exact) mass is 348 g/mol. The van der Waals surface area contributed by atoms with Crippen LogP contribution in [0, 0.1) is 12.3 Å². The molecule has 8 nitrogen and oxygen atoms in total. The highest BCUT2D eigenvalue weighted by Gasteiger charge is 2.51. The Morgan fingerprint density at radius 1 is 1.24 bits per heavy atom. The summed E-state index contributed by atoms with van der Waals surface area (Å²) in [6, 6.07) is 3.53. The van der Waals surface area contributed by atoms with Crippen LogP contribution in [0.3, 0.4) is 0 Å². The standard InChI is InChI=1S/C17H20N2O6/c1-9-4-3-5-19-14(9)17(21)25-12-8-23-15-11(7-22-16(12)15)24-13(20)6-10(2)18/h3-5,11-12,15-16,18H,6-8H2,1-2H3/t11-,12+,15+,16+/m0/s1. The summed E-state index contributed by atoms with van der Waals surface area (Å²) < 4.78 is 22.0. The van der Waals surface area contributed by atoms with Crippen LogP contribution in [0.25, 0.3) is 0 Å². The Bertz CT molecular complexity index is 691. The second kappa shape index (κ2) is 7.28. The molecule has 2 fully saturated rings. The van der Waals surface area contributed by atoms with Crippen molar-refractivity contribution in [3.05, 3.63) is 29.6 Å². The van der Waals surface area contributed by atoms with Gasteiger partial charge in [-0.05, 0) is 25.5 Å². The van der Waals surface area contributed by atoms with Crippen LogP contribution in [-0.4, -0.2) is 60.3 Å². The van der Waals surface area contributed by atoms with Gasteiger partial charge in [-0.1, -0.05) is 6.07 Å². The van der Waals surface area contributed by atoms with Crippen LogP contribution in [-0.2, 0) is 23.7 Å². The predicted octanol–water partition coefficient (Wildman–Crippen LogP) is 1.05. The number of nitrogens with one attached hydrogen (secondary N) is 1. The number of esters is 2. The third-order valence-corrected chi connectivity index (χ3v) is 4.12. The highest BCUT2D eigenvalue weighted by Crippen LogP contribution is 2.31. The van der Waals surface area contributed by atoms with Gasteiger partial charge in [0.25, 0.3) is 0 Å². The maximum absolute atomic E-state index is 12.3. The second-order valence-corrected chi connectivity index (χ2v) is 6.19. The van der Waals surface area contributed by atoms with E-state index in [0.717, 1.165) is 5.56 Å². The van der Waals surface area contributed by atoms with E-state index >= 15 is 0 Å². The van der Waals surface area contributed by atoms with Gasteiger partial charge in [-0.3, -0.25) is 4.79 Å². The zero-order valence-electron chi connectivity index (χ0n) is 14.1. The van der Waals surface area contributed by atoms with Crippen LogP contribution >= 0.6 is 0 Å². The summed E-state index contributed by atoms with van der Waals surface area (Å²) >= 11 is 0. The molecular formula is C17H20N2O6. The van der Waals surface area contributed by atoms with Gasteiger partial charge in [0.1, 0.15) is 12.2 Å². The number of hydrogen-bond acceptors (Lipinski definition) is 8. The van der Waals surface area contributed by atoms with Crippen LogP contribution in [0.5, 0.6) is 0 Å². The van der Waals surface area contributed by atoms with E-state index in [-0.39, 0.29) is 31.0 Å². The van der Waals surface area contributed by atoms with E-state index in [1.165, 1.54) is 13.1 Å². The number of ether oxygens (including phenoxy) is 4. The number of nitrogens with zero attached hydrogens (tertiary/aromatic N) is 1. The Morgan fingerprint density at radius 2 is 1.88 bits per heavy atom. The minimum atomic E-state index is -0.577. The highest BCUT2D eigenvalue weighted by molar-refractivity contribution is 5.95. The van der Waals surface area contributed by atoms with E-state index in [9.17, 15) is 9.59 Å². The second-order valence-electron chi connectivity index (χ2n) is 6.19. The molecule has 0 radical (unpaired) electrons. The van der Waals surface area contributed by atoms with Crippen molar-refractivity contribution < 1.29 is 28.5 Å². The molecule has 4 atom stereocenters. The first-order chi connectivity index (χ1) is 12.0. The van der Waals surface area contributed by atoms with Crippen LogP contribution in [0.1, 0.15) is 29.4 Å². The fourth-order valence-corrected chi connectivity index (χ4v) is 2.95. The molecular weight excluding hydrogens is 328 g/mol. The Balaban J connectivity index is 1.59. The molecule has 0 aliphatic carbocycles. The third kappa shape index (κ3) is 3.85. The van der Waals surface area contributed by atoms with Gasteiger partial charge >= 0.3 is 11.9 Å². The third-order valence-electron chi connectivity index (χ3n) is 4.12. The molecule has 2 saturated heterocycles. The van der Waals surface area contributed by atoms with E-state index in [0.29, 0.717) is 0 Å². The molecule has 1 aromatic heterocycles. The largest absolute Gasteiger partial charge is 0.457 e. The number of pyridine rings is 1. The van der Waals surface area contributed by atoms with Gasteiger partial charge in [0.2, 0.25) is 0 Å². The summed E-state index contributed by atoms with van der Waals surface area (Å²) in [6.45, 7) is 3.67. The van der Waals surface area contributed by atoms with E-state index in [4.69, 9.17) is 24.4 Å². The van der Waals surface area contributed by atoms with E-state index in [1.54, 1.807) is 19.1 Å². The number of aryl methyl sites for hydroxylation is 1. The molecule has 2 aliphatic heterocycles. The topological polar surface area (TPSA) is 108 Å². The molecule has 0 saturated carbocycles. The van der Waals surface area contributed by atoms with Crippen LogP contribution in [0.2, 0.25) is 0 Å².